The summed E-state index contributed by atoms with van der Waals surface area (Å²) in [4.78, 5) is 0. The molecule has 1 heterocycles. The summed E-state index contributed by atoms with van der Waals surface area (Å²) in [7, 11) is 0. The van der Waals surface area contributed by atoms with Crippen LogP contribution < -0.4 is 0 Å². The van der Waals surface area contributed by atoms with Crippen LogP contribution in [0.2, 0.25) is 0 Å². The van der Waals surface area contributed by atoms with E-state index in [0.717, 1.165) is 19.8 Å². The molecule has 0 spiro atoms. The minimum atomic E-state index is 0.289. The van der Waals surface area contributed by atoms with Gasteiger partial charge in [-0.1, -0.05) is 6.92 Å². The van der Waals surface area contributed by atoms with Crippen LogP contribution in [0.3, 0.4) is 0 Å². The van der Waals surface area contributed by atoms with Crippen LogP contribution in [-0.4, -0.2) is 26.4 Å². The Kier molecular flexibility index (Phi) is 2.09. The molecule has 0 saturated carbocycles. The topological polar surface area (TPSA) is 18.5 Å². The van der Waals surface area contributed by atoms with Crippen molar-refractivity contribution in [3.8, 4) is 0 Å². The predicted molar refractivity (Wildman–Crippen MR) is 35.1 cm³/mol. The first-order valence-corrected chi connectivity index (χ1v) is 3.22. The smallest absolute Gasteiger partial charge is 0.0564 e. The van der Waals surface area contributed by atoms with Crippen molar-refractivity contribution in [1.29, 1.82) is 0 Å². The molecule has 0 aliphatic carbocycles. The molecule has 1 saturated heterocycles. The molecule has 0 atom stereocenters. The molecular weight excluding hydrogens is 116 g/mol. The molecule has 0 aromatic rings. The standard InChI is InChI=1S/C7H13O2/c1-3-8-4-7(2)5-9-6-7/h1,3-6H2,2H3. The lowest BCUT2D eigenvalue weighted by atomic mass is 9.90. The first-order chi connectivity index (χ1) is 4.27. The summed E-state index contributed by atoms with van der Waals surface area (Å²) in [6.45, 7) is 8.78. The summed E-state index contributed by atoms with van der Waals surface area (Å²) >= 11 is 0. The van der Waals surface area contributed by atoms with Gasteiger partial charge in [0.25, 0.3) is 0 Å². The number of ether oxygens (including phenoxy) is 2. The van der Waals surface area contributed by atoms with Crippen molar-refractivity contribution in [2.75, 3.05) is 26.4 Å². The fourth-order valence-electron chi connectivity index (χ4n) is 0.852. The van der Waals surface area contributed by atoms with E-state index in [9.17, 15) is 0 Å². The molecule has 0 amide bonds. The molecule has 0 bridgehead atoms. The molecule has 9 heavy (non-hydrogen) atoms. The highest BCUT2D eigenvalue weighted by Crippen LogP contribution is 2.26. The van der Waals surface area contributed by atoms with Gasteiger partial charge in [0.2, 0.25) is 0 Å². The van der Waals surface area contributed by atoms with Gasteiger partial charge in [0, 0.05) is 12.0 Å². The fourth-order valence-corrected chi connectivity index (χ4v) is 0.852. The maximum Gasteiger partial charge on any atom is 0.0564 e. The molecule has 1 fully saturated rings. The molecule has 1 aliphatic heterocycles. The van der Waals surface area contributed by atoms with Gasteiger partial charge < -0.3 is 9.47 Å². The summed E-state index contributed by atoms with van der Waals surface area (Å²) in [5.41, 5.74) is 0.289. The van der Waals surface area contributed by atoms with Crippen LogP contribution in [0.25, 0.3) is 0 Å². The number of rotatable bonds is 3. The predicted octanol–water partition coefficient (Wildman–Crippen LogP) is 0.874. The van der Waals surface area contributed by atoms with Gasteiger partial charge in [0.05, 0.1) is 19.8 Å². The second-order valence-corrected chi connectivity index (χ2v) is 2.86. The van der Waals surface area contributed by atoms with E-state index in [1.807, 2.05) is 0 Å². The van der Waals surface area contributed by atoms with Gasteiger partial charge in [-0.3, -0.25) is 0 Å². The largest absolute Gasteiger partial charge is 0.381 e. The molecule has 53 valence electrons. The van der Waals surface area contributed by atoms with Gasteiger partial charge in [0.15, 0.2) is 0 Å². The Morgan fingerprint density at radius 3 is 2.67 bits per heavy atom. The molecule has 0 aromatic heterocycles. The highest BCUT2D eigenvalue weighted by Gasteiger charge is 2.33. The maximum absolute atomic E-state index is 5.15. The van der Waals surface area contributed by atoms with Crippen LogP contribution in [0.15, 0.2) is 0 Å². The lowest BCUT2D eigenvalue weighted by Gasteiger charge is -2.37. The van der Waals surface area contributed by atoms with Crippen molar-refractivity contribution >= 4 is 0 Å². The number of hydrogen-bond donors (Lipinski definition) is 0. The summed E-state index contributed by atoms with van der Waals surface area (Å²) < 4.78 is 10.2. The molecule has 2 heteroatoms. The normalized spacial score (nSPS) is 23.3. The zero-order chi connectivity index (χ0) is 6.74. The minimum Gasteiger partial charge on any atom is -0.381 e. The minimum absolute atomic E-state index is 0.289. The van der Waals surface area contributed by atoms with Crippen molar-refractivity contribution in [1.82, 2.24) is 0 Å². The van der Waals surface area contributed by atoms with E-state index in [4.69, 9.17) is 9.47 Å². The monoisotopic (exact) mass is 129 g/mol. The zero-order valence-corrected chi connectivity index (χ0v) is 5.85. The van der Waals surface area contributed by atoms with Crippen LogP contribution in [0.1, 0.15) is 6.92 Å². The molecule has 0 unspecified atom stereocenters. The van der Waals surface area contributed by atoms with E-state index in [0.29, 0.717) is 6.61 Å². The van der Waals surface area contributed by atoms with Crippen molar-refractivity contribution in [3.63, 3.8) is 0 Å². The summed E-state index contributed by atoms with van der Waals surface area (Å²) in [5, 5.41) is 0. The Morgan fingerprint density at radius 2 is 2.33 bits per heavy atom. The fraction of sp³-hybridized carbons (Fsp3) is 0.857. The van der Waals surface area contributed by atoms with E-state index in [2.05, 4.69) is 13.8 Å². The highest BCUT2D eigenvalue weighted by molar-refractivity contribution is 4.79. The molecule has 0 N–H and O–H groups in total. The first kappa shape index (κ1) is 7.03. The van der Waals surface area contributed by atoms with E-state index in [1.54, 1.807) is 0 Å². The molecule has 1 rings (SSSR count). The van der Waals surface area contributed by atoms with Crippen LogP contribution in [0.5, 0.6) is 0 Å². The zero-order valence-electron chi connectivity index (χ0n) is 5.85. The van der Waals surface area contributed by atoms with Gasteiger partial charge in [0.1, 0.15) is 0 Å². The molecular formula is C7H13O2. The van der Waals surface area contributed by atoms with Gasteiger partial charge in [-0.15, -0.1) is 0 Å². The lowest BCUT2D eigenvalue weighted by molar-refractivity contribution is -0.135. The SMILES string of the molecule is [CH2]COCC1(C)COC1. The first-order valence-electron chi connectivity index (χ1n) is 3.22. The maximum atomic E-state index is 5.15. The highest BCUT2D eigenvalue weighted by atomic mass is 16.5. The van der Waals surface area contributed by atoms with Crippen LogP contribution in [-0.2, 0) is 9.47 Å². The Balaban J connectivity index is 2.09. The van der Waals surface area contributed by atoms with Crippen molar-refractivity contribution in [3.05, 3.63) is 6.92 Å². The van der Waals surface area contributed by atoms with Gasteiger partial charge in [-0.2, -0.15) is 0 Å². The van der Waals surface area contributed by atoms with Crippen molar-refractivity contribution < 1.29 is 9.47 Å². The van der Waals surface area contributed by atoms with E-state index in [1.165, 1.54) is 0 Å². The van der Waals surface area contributed by atoms with Crippen LogP contribution in [0.4, 0.5) is 0 Å². The Hall–Kier alpha value is -0.0800. The Labute approximate surface area is 56.2 Å². The second-order valence-electron chi connectivity index (χ2n) is 2.86. The van der Waals surface area contributed by atoms with Gasteiger partial charge >= 0.3 is 0 Å². The van der Waals surface area contributed by atoms with E-state index in [-0.39, 0.29) is 5.41 Å². The Bertz CT molecular complexity index is 86.9. The Morgan fingerprint density at radius 1 is 1.67 bits per heavy atom. The third kappa shape index (κ3) is 1.66. The summed E-state index contributed by atoms with van der Waals surface area (Å²) in [5.74, 6) is 0. The van der Waals surface area contributed by atoms with Crippen LogP contribution >= 0.6 is 0 Å². The third-order valence-electron chi connectivity index (χ3n) is 1.50. The molecule has 0 aromatic carbocycles. The second kappa shape index (κ2) is 2.67. The average Bonchev–Trinajstić information content (AvgIpc) is 1.79. The van der Waals surface area contributed by atoms with Gasteiger partial charge in [-0.05, 0) is 6.92 Å². The molecule has 2 nitrogen and oxygen atoms in total. The van der Waals surface area contributed by atoms with E-state index >= 15 is 0 Å². The van der Waals surface area contributed by atoms with Gasteiger partial charge in [-0.25, -0.2) is 0 Å². The lowest BCUT2D eigenvalue weighted by Crippen LogP contribution is -2.43. The third-order valence-corrected chi connectivity index (χ3v) is 1.50. The van der Waals surface area contributed by atoms with Crippen molar-refractivity contribution in [2.24, 2.45) is 5.41 Å². The van der Waals surface area contributed by atoms with Crippen molar-refractivity contribution in [2.45, 2.75) is 6.92 Å². The summed E-state index contributed by atoms with van der Waals surface area (Å²) in [6, 6.07) is 0. The average molecular weight is 129 g/mol. The van der Waals surface area contributed by atoms with E-state index < -0.39 is 0 Å². The molecule has 1 aliphatic rings. The van der Waals surface area contributed by atoms with Crippen LogP contribution in [0, 0.1) is 12.3 Å². The molecule has 1 radical (unpaired) electrons. The quantitative estimate of drug-likeness (QED) is 0.563. The number of hydrogen-bond acceptors (Lipinski definition) is 2. The summed E-state index contributed by atoms with van der Waals surface area (Å²) in [6.07, 6.45) is 0.